The van der Waals surface area contributed by atoms with Crippen LogP contribution < -0.4 is 9.62 Å². The summed E-state index contributed by atoms with van der Waals surface area (Å²) in [6.07, 6.45) is 0.657. The normalized spacial score (nSPS) is 15.8. The molecule has 1 N–H and O–H groups in total. The van der Waals surface area contributed by atoms with E-state index in [0.29, 0.717) is 6.42 Å². The molecule has 0 spiro atoms. The largest absolute Gasteiger partial charge is 0.369 e. The third-order valence-electron chi connectivity index (χ3n) is 4.71. The molecule has 0 radical (unpaired) electrons. The van der Waals surface area contributed by atoms with E-state index in [-0.39, 0.29) is 22.3 Å². The molecule has 1 heterocycles. The molecule has 0 unspecified atom stereocenters. The highest BCUT2D eigenvalue weighted by Crippen LogP contribution is 2.19. The molecule has 5 nitrogen and oxygen atoms in total. The van der Waals surface area contributed by atoms with E-state index in [1.807, 2.05) is 0 Å². The predicted octanol–water partition coefficient (Wildman–Crippen LogP) is 3.11. The number of anilines is 1. The molecule has 0 bridgehead atoms. The van der Waals surface area contributed by atoms with Crippen molar-refractivity contribution in [1.29, 1.82) is 0 Å². The lowest BCUT2D eigenvalue weighted by Crippen LogP contribution is -2.47. The Labute approximate surface area is 169 Å². The number of piperazine rings is 1. The summed E-state index contributed by atoms with van der Waals surface area (Å²) in [4.78, 5) is 4.42. The number of hydrogen-bond acceptors (Lipinski definition) is 4. The van der Waals surface area contributed by atoms with Crippen LogP contribution in [-0.2, 0) is 10.0 Å². The molecule has 9 heteroatoms. The molecule has 152 valence electrons. The molecule has 0 saturated carbocycles. The monoisotopic (exact) mass is 429 g/mol. The fourth-order valence-corrected chi connectivity index (χ4v) is 4.46. The lowest BCUT2D eigenvalue weighted by molar-refractivity contribution is 0.255. The summed E-state index contributed by atoms with van der Waals surface area (Å²) >= 11 is 5.65. The van der Waals surface area contributed by atoms with Gasteiger partial charge in [-0.25, -0.2) is 21.9 Å². The van der Waals surface area contributed by atoms with E-state index in [1.54, 1.807) is 12.1 Å². The summed E-state index contributed by atoms with van der Waals surface area (Å²) in [5.41, 5.74) is 1.01. The van der Waals surface area contributed by atoms with Gasteiger partial charge >= 0.3 is 0 Å². The minimum absolute atomic E-state index is 0.0492. The Morgan fingerprint density at radius 1 is 1.00 bits per heavy atom. The van der Waals surface area contributed by atoms with Gasteiger partial charge in [-0.2, -0.15) is 0 Å². The second-order valence-electron chi connectivity index (χ2n) is 6.63. The summed E-state index contributed by atoms with van der Waals surface area (Å²) in [5.74, 6) is -0.895. The molecular formula is C19H22ClF2N3O2S. The van der Waals surface area contributed by atoms with E-state index in [2.05, 4.69) is 14.5 Å². The molecular weight excluding hydrogens is 408 g/mol. The Kier molecular flexibility index (Phi) is 6.87. The van der Waals surface area contributed by atoms with Crippen molar-refractivity contribution in [3.8, 4) is 0 Å². The average Bonchev–Trinajstić information content (AvgIpc) is 2.68. The van der Waals surface area contributed by atoms with Crippen LogP contribution >= 0.6 is 11.6 Å². The highest BCUT2D eigenvalue weighted by Gasteiger charge is 2.18. The van der Waals surface area contributed by atoms with E-state index in [0.717, 1.165) is 50.5 Å². The van der Waals surface area contributed by atoms with Crippen molar-refractivity contribution < 1.29 is 17.2 Å². The zero-order chi connectivity index (χ0) is 20.1. The van der Waals surface area contributed by atoms with Crippen LogP contribution in [-0.4, -0.2) is 52.6 Å². The Bertz CT molecular complexity index is 902. The van der Waals surface area contributed by atoms with Crippen LogP contribution in [0.1, 0.15) is 6.42 Å². The van der Waals surface area contributed by atoms with Gasteiger partial charge in [0.2, 0.25) is 10.0 Å². The Morgan fingerprint density at radius 3 is 2.32 bits per heavy atom. The van der Waals surface area contributed by atoms with E-state index in [1.165, 1.54) is 18.2 Å². The fraction of sp³-hybridized carbons (Fsp3) is 0.368. The Balaban J connectivity index is 1.41. The first kappa shape index (κ1) is 21.0. The molecule has 1 fully saturated rings. The van der Waals surface area contributed by atoms with Crippen molar-refractivity contribution in [2.45, 2.75) is 11.3 Å². The van der Waals surface area contributed by atoms with Gasteiger partial charge < -0.3 is 4.90 Å². The van der Waals surface area contributed by atoms with E-state index >= 15 is 0 Å². The Hall–Kier alpha value is -1.74. The maximum Gasteiger partial charge on any atom is 0.240 e. The summed E-state index contributed by atoms with van der Waals surface area (Å²) < 4.78 is 53.2. The van der Waals surface area contributed by atoms with Crippen LogP contribution in [0.3, 0.4) is 0 Å². The van der Waals surface area contributed by atoms with Crippen molar-refractivity contribution in [1.82, 2.24) is 9.62 Å². The second kappa shape index (κ2) is 9.17. The van der Waals surface area contributed by atoms with Crippen LogP contribution in [0.2, 0.25) is 5.02 Å². The zero-order valence-corrected chi connectivity index (χ0v) is 16.8. The molecule has 1 aliphatic heterocycles. The third kappa shape index (κ3) is 5.41. The van der Waals surface area contributed by atoms with Gasteiger partial charge in [-0.3, -0.25) is 4.90 Å². The van der Waals surface area contributed by atoms with Gasteiger partial charge in [0, 0.05) is 38.4 Å². The molecule has 28 heavy (non-hydrogen) atoms. The van der Waals surface area contributed by atoms with E-state index < -0.39 is 15.8 Å². The average molecular weight is 430 g/mol. The molecule has 0 amide bonds. The second-order valence-corrected chi connectivity index (χ2v) is 8.81. The van der Waals surface area contributed by atoms with Crippen molar-refractivity contribution in [2.75, 3.05) is 44.2 Å². The summed E-state index contributed by atoms with van der Waals surface area (Å²) in [6.45, 7) is 4.45. The van der Waals surface area contributed by atoms with E-state index in [4.69, 9.17) is 11.6 Å². The van der Waals surface area contributed by atoms with Gasteiger partial charge in [0.05, 0.1) is 9.92 Å². The topological polar surface area (TPSA) is 52.7 Å². The van der Waals surface area contributed by atoms with Gasteiger partial charge in [0.1, 0.15) is 11.6 Å². The third-order valence-corrected chi connectivity index (χ3v) is 6.46. The number of nitrogens with zero attached hydrogens (tertiary/aromatic N) is 2. The molecule has 0 aromatic heterocycles. The summed E-state index contributed by atoms with van der Waals surface area (Å²) in [5, 5.41) is -0.220. The number of hydrogen-bond donors (Lipinski definition) is 1. The van der Waals surface area contributed by atoms with E-state index in [9.17, 15) is 17.2 Å². The van der Waals surface area contributed by atoms with Crippen LogP contribution in [0, 0.1) is 11.6 Å². The molecule has 0 aliphatic carbocycles. The quantitative estimate of drug-likeness (QED) is 0.687. The van der Waals surface area contributed by atoms with Gasteiger partial charge in [-0.05, 0) is 55.4 Å². The smallest absolute Gasteiger partial charge is 0.240 e. The molecule has 0 atom stereocenters. The Morgan fingerprint density at radius 2 is 1.68 bits per heavy atom. The van der Waals surface area contributed by atoms with Crippen molar-refractivity contribution in [3.63, 3.8) is 0 Å². The summed E-state index contributed by atoms with van der Waals surface area (Å²) in [7, 11) is -3.71. The lowest BCUT2D eigenvalue weighted by atomic mass is 10.2. The number of sulfonamides is 1. The van der Waals surface area contributed by atoms with Crippen LogP contribution in [0.25, 0.3) is 0 Å². The maximum absolute atomic E-state index is 13.2. The number of benzene rings is 2. The predicted molar refractivity (Wildman–Crippen MR) is 106 cm³/mol. The number of rotatable bonds is 7. The fourth-order valence-electron chi connectivity index (χ4n) is 3.12. The first-order valence-corrected chi connectivity index (χ1v) is 10.9. The minimum Gasteiger partial charge on any atom is -0.369 e. The zero-order valence-electron chi connectivity index (χ0n) is 15.2. The number of nitrogens with one attached hydrogen (secondary N) is 1. The highest BCUT2D eigenvalue weighted by molar-refractivity contribution is 7.89. The van der Waals surface area contributed by atoms with Crippen LogP contribution in [0.5, 0.6) is 0 Å². The van der Waals surface area contributed by atoms with Crippen molar-refractivity contribution in [3.05, 3.63) is 59.1 Å². The van der Waals surface area contributed by atoms with Crippen molar-refractivity contribution >= 4 is 27.3 Å². The van der Waals surface area contributed by atoms with Crippen LogP contribution in [0.15, 0.2) is 47.4 Å². The summed E-state index contributed by atoms with van der Waals surface area (Å²) in [6, 6.07) is 9.82. The van der Waals surface area contributed by atoms with Gasteiger partial charge in [0.25, 0.3) is 0 Å². The number of halogens is 3. The highest BCUT2D eigenvalue weighted by atomic mass is 35.5. The lowest BCUT2D eigenvalue weighted by Gasteiger charge is -2.36. The van der Waals surface area contributed by atoms with Crippen molar-refractivity contribution in [2.24, 2.45) is 0 Å². The molecule has 2 aromatic carbocycles. The molecule has 2 aromatic rings. The van der Waals surface area contributed by atoms with Gasteiger partial charge in [0.15, 0.2) is 0 Å². The molecule has 1 aliphatic rings. The standard InChI is InChI=1S/C19H22ClF2N3O2S/c20-18-14-17(6-7-19(18)22)28(26,27)23-8-1-9-24-10-12-25(13-11-24)16-4-2-15(21)3-5-16/h2-7,14,23H,1,8-13H2. The first-order valence-electron chi connectivity index (χ1n) is 9.03. The minimum atomic E-state index is -3.71. The molecule has 3 rings (SSSR count). The van der Waals surface area contributed by atoms with Crippen LogP contribution in [0.4, 0.5) is 14.5 Å². The maximum atomic E-state index is 13.2. The first-order chi connectivity index (χ1) is 13.3. The SMILES string of the molecule is O=S(=O)(NCCCN1CCN(c2ccc(F)cc2)CC1)c1ccc(F)c(Cl)c1. The van der Waals surface area contributed by atoms with Gasteiger partial charge in [-0.1, -0.05) is 11.6 Å². The van der Waals surface area contributed by atoms with Gasteiger partial charge in [-0.15, -0.1) is 0 Å². The molecule has 1 saturated heterocycles.